The first-order valence-electron chi connectivity index (χ1n) is 51.4. The van der Waals surface area contributed by atoms with Crippen LogP contribution in [-0.2, 0) is 93.3 Å². The van der Waals surface area contributed by atoms with Gasteiger partial charge in [0, 0.05) is 120 Å². The Morgan fingerprint density at radius 1 is 0.306 bits per heavy atom. The van der Waals surface area contributed by atoms with Gasteiger partial charge in [0.2, 0.25) is 0 Å². The second kappa shape index (κ2) is 64.4. The summed E-state index contributed by atoms with van der Waals surface area (Å²) < 4.78 is 0. The van der Waals surface area contributed by atoms with Gasteiger partial charge in [0.15, 0.2) is 0 Å². The van der Waals surface area contributed by atoms with E-state index in [0.717, 1.165) is 102 Å². The number of pyridine rings is 4. The number of aromatic nitrogens is 4. The van der Waals surface area contributed by atoms with Crippen LogP contribution >= 0.6 is 0 Å². The number of fused-ring (bicyclic) bond motifs is 4. The maximum Gasteiger partial charge on any atom is 0.0933 e. The van der Waals surface area contributed by atoms with Gasteiger partial charge in [-0.15, -0.1) is 140 Å². The number of benzene rings is 8. The summed E-state index contributed by atoms with van der Waals surface area (Å²) in [6, 6.07) is 66.3. The molecule has 16 heteroatoms. The zero-order chi connectivity index (χ0) is 105. The van der Waals surface area contributed by atoms with E-state index in [-0.39, 0.29) is 121 Å². The summed E-state index contributed by atoms with van der Waals surface area (Å²) in [6.07, 6.45) is 7.43. The average Bonchev–Trinajstić information content (AvgIpc) is 0.783. The third-order valence-electron chi connectivity index (χ3n) is 23.9. The van der Waals surface area contributed by atoms with Crippen LogP contribution in [0.1, 0.15) is 345 Å². The quantitative estimate of drug-likeness (QED) is 0.0188. The standard InChI is InChI=1S/C25H30N.3C23H26N.C11H22O2.2C9H18O2.C5H10O2.4Ir/c1-16(2)11-20-7-9-25-22(23(20)12-17(3)4)8-10-24(26-25)21-14-18(5)13-19(6)15-21;3*1-14(2)19-7-10-22-20(23(19)15(3)4)8-9-21(24-22)18-12-16(5)11-17(6)13-18;1-8(2)5-10(12)7-11(13)6-9(3)4;2*1-6(2)8(10)5-9(11)7(3)4;1-4(6)3-5(2)7;;;;/h7-10,13-14,16-17H,11-12H2,1-6H3;3*7-12,14-15H,1-6H3;7-10,12-13H,5-6H2,1-4H3;2*5-8,10-11H,1-4H3;3-4,6-7H,1-2H3;;;;/q4*-1;;;;;;;;. The summed E-state index contributed by atoms with van der Waals surface area (Å²) >= 11 is 0. The van der Waals surface area contributed by atoms with Gasteiger partial charge in [-0.05, 0) is 220 Å². The Morgan fingerprint density at radius 3 is 0.806 bits per heavy atom. The Hall–Kier alpha value is -8.00. The third kappa shape index (κ3) is 44.0. The molecule has 0 saturated heterocycles. The Bertz CT molecular complexity index is 5610. The molecule has 0 bridgehead atoms. The fourth-order valence-corrected chi connectivity index (χ4v) is 17.2. The van der Waals surface area contributed by atoms with Crippen LogP contribution in [-0.4, -0.2) is 85.2 Å². The van der Waals surface area contributed by atoms with Gasteiger partial charge in [-0.1, -0.05) is 322 Å². The van der Waals surface area contributed by atoms with E-state index in [2.05, 4.69) is 350 Å². The third-order valence-corrected chi connectivity index (χ3v) is 23.9. The predicted octanol–water partition coefficient (Wildman–Crippen LogP) is 34.3. The SMILES string of the molecule is CC(C)C(O)=CC(O)C(C)C.CC(C)C(O)=CC(O)C(C)C.CC(C)CC(O)=CC(O)CC(C)C.CC(O)=CC(C)O.Cc1[c-]c(-c2ccc3c(C(C)C)c(C(C)C)ccc3n2)cc(C)c1.Cc1[c-]c(-c2ccc3c(C(C)C)c(C(C)C)ccc3n2)cc(C)c1.Cc1[c-]c(-c2ccc3c(C(C)C)c(C(C)C)ccc3n2)cc(C)c1.Cc1[c-]c(-c2ccc3c(CC(C)C)c(CC(C)C)ccc3n2)cc(C)c1.[Ir].[Ir].[Ir].[Ir]. The summed E-state index contributed by atoms with van der Waals surface area (Å²) in [4.78, 5) is 19.8. The topological polar surface area (TPSA) is 213 Å². The van der Waals surface area contributed by atoms with Gasteiger partial charge in [-0.2, -0.15) is 0 Å². The Morgan fingerprint density at radius 2 is 0.583 bits per heavy atom. The fraction of sp³-hybridized carbons (Fsp3) is 0.469. The molecule has 4 aromatic heterocycles. The van der Waals surface area contributed by atoms with Gasteiger partial charge in [0.25, 0.3) is 0 Å². The van der Waals surface area contributed by atoms with E-state index in [1.54, 1.807) is 13.0 Å². The second-order valence-electron chi connectivity index (χ2n) is 43.6. The van der Waals surface area contributed by atoms with Gasteiger partial charge < -0.3 is 40.9 Å². The fourth-order valence-electron chi connectivity index (χ4n) is 17.2. The molecular weight excluding hydrogens is 2490 g/mol. The van der Waals surface area contributed by atoms with E-state index < -0.39 is 24.4 Å². The monoisotopic (exact) mass is 2670 g/mol. The molecule has 0 spiro atoms. The molecule has 0 aliphatic rings. The van der Waals surface area contributed by atoms with Crippen molar-refractivity contribution < 1.29 is 121 Å². The van der Waals surface area contributed by atoms with Gasteiger partial charge in [-0.25, -0.2) is 0 Å². The van der Waals surface area contributed by atoms with E-state index in [1.165, 1.54) is 113 Å². The van der Waals surface area contributed by atoms with Crippen LogP contribution in [0.25, 0.3) is 88.6 Å². The molecular formula is C128H176Ir4N4O8-4. The molecule has 144 heavy (non-hydrogen) atoms. The van der Waals surface area contributed by atoms with Crippen LogP contribution in [0.4, 0.5) is 0 Å². The van der Waals surface area contributed by atoms with E-state index in [1.807, 2.05) is 69.2 Å². The number of hydrogen-bond acceptors (Lipinski definition) is 12. The number of nitrogens with zero attached hydrogens (tertiary/aromatic N) is 4. The number of aryl methyl sites for hydroxylation is 8. The smallest absolute Gasteiger partial charge is 0.0933 e. The Labute approximate surface area is 924 Å². The number of rotatable bonds is 26. The van der Waals surface area contributed by atoms with Crippen LogP contribution < -0.4 is 0 Å². The molecule has 796 valence electrons. The maximum absolute atomic E-state index is 9.47. The number of hydrogen-bond donors (Lipinski definition) is 8. The van der Waals surface area contributed by atoms with Crippen molar-refractivity contribution in [2.75, 3.05) is 0 Å². The molecule has 4 unspecified atom stereocenters. The maximum atomic E-state index is 9.47. The van der Waals surface area contributed by atoms with Crippen LogP contribution in [0.3, 0.4) is 0 Å². The second-order valence-corrected chi connectivity index (χ2v) is 43.6. The Balaban J connectivity index is 0.000000845. The number of aliphatic hydroxyl groups is 8. The van der Waals surface area contributed by atoms with E-state index in [0.29, 0.717) is 77.8 Å². The molecule has 0 aliphatic heterocycles. The molecule has 4 radical (unpaired) electrons. The molecule has 0 fully saturated rings. The zero-order valence-corrected chi connectivity index (χ0v) is 104. The summed E-state index contributed by atoms with van der Waals surface area (Å²) in [5, 5.41) is 78.0. The largest absolute Gasteiger partial charge is 0.513 e. The van der Waals surface area contributed by atoms with Gasteiger partial charge >= 0.3 is 0 Å². The minimum atomic E-state index is -0.537. The van der Waals surface area contributed by atoms with Crippen molar-refractivity contribution in [2.24, 2.45) is 47.3 Å². The molecule has 0 amide bonds. The average molecular weight is 2670 g/mol. The minimum absolute atomic E-state index is 0. The van der Waals surface area contributed by atoms with Crippen molar-refractivity contribution in [1.82, 2.24) is 19.9 Å². The molecule has 4 atom stereocenters. The first kappa shape index (κ1) is 134. The summed E-state index contributed by atoms with van der Waals surface area (Å²) in [5.74, 6) is 6.78. The van der Waals surface area contributed by atoms with Gasteiger partial charge in [0.05, 0.1) is 69.5 Å². The van der Waals surface area contributed by atoms with Crippen molar-refractivity contribution in [3.05, 3.63) is 306 Å². The molecule has 12 rings (SSSR count). The van der Waals surface area contributed by atoms with Gasteiger partial charge in [-0.3, -0.25) is 19.9 Å². The van der Waals surface area contributed by atoms with Crippen LogP contribution in [0.15, 0.2) is 193 Å². The number of allylic oxidation sites excluding steroid dienone is 4. The molecule has 12 aromatic rings. The summed E-state index contributed by atoms with van der Waals surface area (Å²) in [7, 11) is 0. The minimum Gasteiger partial charge on any atom is -0.513 e. The molecule has 0 saturated carbocycles. The van der Waals surface area contributed by atoms with E-state index in [9.17, 15) is 30.6 Å². The summed E-state index contributed by atoms with van der Waals surface area (Å²) in [5.41, 5.74) is 33.9. The molecule has 0 aliphatic carbocycles. The van der Waals surface area contributed by atoms with Crippen molar-refractivity contribution in [2.45, 2.75) is 349 Å². The van der Waals surface area contributed by atoms with Crippen molar-refractivity contribution >= 4 is 43.6 Å². The predicted molar refractivity (Wildman–Crippen MR) is 600 cm³/mol. The van der Waals surface area contributed by atoms with Crippen molar-refractivity contribution in [3.63, 3.8) is 0 Å². The molecule has 4 heterocycles. The van der Waals surface area contributed by atoms with Crippen molar-refractivity contribution in [1.29, 1.82) is 0 Å². The first-order valence-corrected chi connectivity index (χ1v) is 51.4. The molecule has 8 N–H and O–H groups in total. The first-order chi connectivity index (χ1) is 65.4. The van der Waals surface area contributed by atoms with Crippen LogP contribution in [0, 0.1) is 127 Å². The van der Waals surface area contributed by atoms with E-state index in [4.69, 9.17) is 30.1 Å². The normalized spacial score (nSPS) is 12.6. The number of aliphatic hydroxyl groups excluding tert-OH is 8. The molecule has 8 aromatic carbocycles. The van der Waals surface area contributed by atoms with Crippen molar-refractivity contribution in [3.8, 4) is 45.0 Å². The Kier molecular flexibility index (Phi) is 59.9. The zero-order valence-electron chi connectivity index (χ0n) is 94.1. The van der Waals surface area contributed by atoms with Gasteiger partial charge in [0.1, 0.15) is 0 Å². The molecule has 12 nitrogen and oxygen atoms in total. The summed E-state index contributed by atoms with van der Waals surface area (Å²) in [6.45, 7) is 79.7. The van der Waals surface area contributed by atoms with E-state index >= 15 is 0 Å². The van der Waals surface area contributed by atoms with Crippen LogP contribution in [0.2, 0.25) is 0 Å². The van der Waals surface area contributed by atoms with Crippen LogP contribution in [0.5, 0.6) is 0 Å².